The summed E-state index contributed by atoms with van der Waals surface area (Å²) in [5.74, 6) is 2.24. The highest BCUT2D eigenvalue weighted by molar-refractivity contribution is 5.76. The van der Waals surface area contributed by atoms with Gasteiger partial charge in [0.25, 0.3) is 0 Å². The maximum absolute atomic E-state index is 12.7. The topological polar surface area (TPSA) is 60.8 Å². The summed E-state index contributed by atoms with van der Waals surface area (Å²) >= 11 is 0. The van der Waals surface area contributed by atoms with Crippen molar-refractivity contribution in [3.8, 4) is 5.75 Å². The van der Waals surface area contributed by atoms with Crippen LogP contribution in [0.1, 0.15) is 69.9 Å². The van der Waals surface area contributed by atoms with E-state index in [0.717, 1.165) is 45.2 Å². The second-order valence-electron chi connectivity index (χ2n) is 9.55. The lowest BCUT2D eigenvalue weighted by Gasteiger charge is -2.50. The molecule has 0 radical (unpaired) electrons. The van der Waals surface area contributed by atoms with Crippen molar-refractivity contribution in [2.24, 2.45) is 23.2 Å². The number of aliphatic hydroxyl groups is 1. The summed E-state index contributed by atoms with van der Waals surface area (Å²) in [6.45, 7) is 7.80. The van der Waals surface area contributed by atoms with Crippen LogP contribution in [0.4, 0.5) is 0 Å². The number of hydrogen-bond acceptors (Lipinski definition) is 3. The SMILES string of the molecule is CCN(CC)C(=O)CC1CC2C3CCc4cc(O)ccc4C3CCC2(C)C1O. The van der Waals surface area contributed by atoms with E-state index in [-0.39, 0.29) is 23.3 Å². The van der Waals surface area contributed by atoms with Gasteiger partial charge >= 0.3 is 0 Å². The van der Waals surface area contributed by atoms with E-state index in [4.69, 9.17) is 0 Å². The average Bonchev–Trinajstić information content (AvgIpc) is 2.93. The molecule has 2 N–H and O–H groups in total. The molecule has 4 heteroatoms. The summed E-state index contributed by atoms with van der Waals surface area (Å²) in [7, 11) is 0. The molecule has 0 heterocycles. The molecule has 0 spiro atoms. The van der Waals surface area contributed by atoms with E-state index in [1.807, 2.05) is 30.9 Å². The summed E-state index contributed by atoms with van der Waals surface area (Å²) in [6, 6.07) is 5.88. The number of benzene rings is 1. The Balaban J connectivity index is 1.55. The van der Waals surface area contributed by atoms with E-state index >= 15 is 0 Å². The third kappa shape index (κ3) is 3.04. The number of aliphatic hydroxyl groups excluding tert-OH is 1. The summed E-state index contributed by atoms with van der Waals surface area (Å²) in [5.41, 5.74) is 2.65. The van der Waals surface area contributed by atoms with Gasteiger partial charge in [-0.2, -0.15) is 0 Å². The lowest BCUT2D eigenvalue weighted by atomic mass is 9.55. The Kier molecular flexibility index (Phi) is 5.20. The third-order valence-electron chi connectivity index (χ3n) is 8.38. The van der Waals surface area contributed by atoms with E-state index in [1.54, 1.807) is 0 Å². The highest BCUT2D eigenvalue weighted by Gasteiger charge is 2.58. The van der Waals surface area contributed by atoms with Gasteiger partial charge in [-0.1, -0.05) is 13.0 Å². The van der Waals surface area contributed by atoms with Gasteiger partial charge in [0, 0.05) is 19.5 Å². The van der Waals surface area contributed by atoms with Crippen LogP contribution in [0.5, 0.6) is 5.75 Å². The number of phenolic OH excluding ortho intramolecular Hbond substituents is 1. The molecule has 0 bridgehead atoms. The van der Waals surface area contributed by atoms with Gasteiger partial charge < -0.3 is 15.1 Å². The van der Waals surface area contributed by atoms with Crippen LogP contribution in [-0.2, 0) is 11.2 Å². The molecule has 3 aliphatic carbocycles. The second-order valence-corrected chi connectivity index (χ2v) is 9.55. The van der Waals surface area contributed by atoms with E-state index < -0.39 is 0 Å². The smallest absolute Gasteiger partial charge is 0.222 e. The van der Waals surface area contributed by atoms with Crippen molar-refractivity contribution in [3.05, 3.63) is 29.3 Å². The predicted octanol–water partition coefficient (Wildman–Crippen LogP) is 4.09. The van der Waals surface area contributed by atoms with Gasteiger partial charge in [-0.3, -0.25) is 4.79 Å². The van der Waals surface area contributed by atoms with Gasteiger partial charge in [-0.15, -0.1) is 0 Å². The van der Waals surface area contributed by atoms with Gasteiger partial charge in [0.2, 0.25) is 5.91 Å². The Labute approximate surface area is 168 Å². The number of hydrogen-bond donors (Lipinski definition) is 2. The van der Waals surface area contributed by atoms with Gasteiger partial charge in [-0.25, -0.2) is 0 Å². The van der Waals surface area contributed by atoms with Gasteiger partial charge in [0.1, 0.15) is 5.75 Å². The van der Waals surface area contributed by atoms with Crippen molar-refractivity contribution in [2.75, 3.05) is 13.1 Å². The highest BCUT2D eigenvalue weighted by Crippen LogP contribution is 2.62. The van der Waals surface area contributed by atoms with Crippen molar-refractivity contribution >= 4 is 5.91 Å². The number of aromatic hydroxyl groups is 1. The fourth-order valence-corrected chi connectivity index (χ4v) is 6.85. The number of phenols is 1. The highest BCUT2D eigenvalue weighted by atomic mass is 16.3. The van der Waals surface area contributed by atoms with Crippen molar-refractivity contribution in [2.45, 2.75) is 71.3 Å². The molecule has 2 saturated carbocycles. The number of nitrogens with zero attached hydrogens (tertiary/aromatic N) is 1. The first-order valence-corrected chi connectivity index (χ1v) is 11.2. The van der Waals surface area contributed by atoms with E-state index in [9.17, 15) is 15.0 Å². The molecular weight excluding hydrogens is 350 g/mol. The van der Waals surface area contributed by atoms with Crippen LogP contribution in [0, 0.1) is 23.2 Å². The van der Waals surface area contributed by atoms with Crippen molar-refractivity contribution in [1.82, 2.24) is 4.90 Å². The molecule has 0 saturated heterocycles. The predicted molar refractivity (Wildman–Crippen MR) is 110 cm³/mol. The number of rotatable bonds is 4. The number of carbonyl (C=O) groups excluding carboxylic acids is 1. The minimum absolute atomic E-state index is 0.0657. The van der Waals surface area contributed by atoms with Crippen molar-refractivity contribution in [1.29, 1.82) is 0 Å². The minimum Gasteiger partial charge on any atom is -0.508 e. The zero-order valence-corrected chi connectivity index (χ0v) is 17.5. The van der Waals surface area contributed by atoms with Gasteiger partial charge in [0.05, 0.1) is 6.10 Å². The zero-order chi connectivity index (χ0) is 20.1. The normalized spacial score (nSPS) is 36.4. The molecular formula is C24H35NO3. The van der Waals surface area contributed by atoms with E-state index in [0.29, 0.717) is 29.9 Å². The molecule has 154 valence electrons. The first-order chi connectivity index (χ1) is 13.4. The molecule has 2 fully saturated rings. The third-order valence-corrected chi connectivity index (χ3v) is 8.38. The Bertz CT molecular complexity index is 743. The first kappa shape index (κ1) is 19.8. The van der Waals surface area contributed by atoms with Gasteiger partial charge in [0.15, 0.2) is 0 Å². The molecule has 6 unspecified atom stereocenters. The Morgan fingerprint density at radius 3 is 2.71 bits per heavy atom. The second kappa shape index (κ2) is 7.37. The molecule has 6 atom stereocenters. The molecule has 3 aliphatic rings. The molecule has 1 aromatic carbocycles. The average molecular weight is 386 g/mol. The van der Waals surface area contributed by atoms with Crippen LogP contribution in [0.25, 0.3) is 0 Å². The lowest BCUT2D eigenvalue weighted by Crippen LogP contribution is -2.44. The fraction of sp³-hybridized carbons (Fsp3) is 0.708. The maximum Gasteiger partial charge on any atom is 0.222 e. The lowest BCUT2D eigenvalue weighted by molar-refractivity contribution is -0.133. The number of fused-ring (bicyclic) bond motifs is 5. The fourth-order valence-electron chi connectivity index (χ4n) is 6.85. The quantitative estimate of drug-likeness (QED) is 0.820. The number of amides is 1. The summed E-state index contributed by atoms with van der Waals surface area (Å²) in [5, 5.41) is 21.1. The van der Waals surface area contributed by atoms with Crippen LogP contribution >= 0.6 is 0 Å². The van der Waals surface area contributed by atoms with Crippen LogP contribution in [0.2, 0.25) is 0 Å². The van der Waals surface area contributed by atoms with E-state index in [2.05, 4.69) is 13.0 Å². The van der Waals surface area contributed by atoms with Crippen LogP contribution in [0.3, 0.4) is 0 Å². The Hall–Kier alpha value is -1.55. The summed E-state index contributed by atoms with van der Waals surface area (Å²) in [4.78, 5) is 14.6. The summed E-state index contributed by atoms with van der Waals surface area (Å²) < 4.78 is 0. The molecule has 4 nitrogen and oxygen atoms in total. The molecule has 4 rings (SSSR count). The largest absolute Gasteiger partial charge is 0.508 e. The number of aryl methyl sites for hydroxylation is 1. The molecule has 28 heavy (non-hydrogen) atoms. The molecule has 0 aromatic heterocycles. The monoisotopic (exact) mass is 385 g/mol. The van der Waals surface area contributed by atoms with E-state index in [1.165, 1.54) is 11.1 Å². The Morgan fingerprint density at radius 1 is 1.25 bits per heavy atom. The Morgan fingerprint density at radius 2 is 2.00 bits per heavy atom. The minimum atomic E-state index is -0.376. The molecule has 1 amide bonds. The maximum atomic E-state index is 12.7. The van der Waals surface area contributed by atoms with Crippen molar-refractivity contribution < 1.29 is 15.0 Å². The first-order valence-electron chi connectivity index (χ1n) is 11.2. The summed E-state index contributed by atoms with van der Waals surface area (Å²) in [6.07, 6.45) is 5.34. The number of carbonyl (C=O) groups is 1. The van der Waals surface area contributed by atoms with Crippen LogP contribution in [0.15, 0.2) is 18.2 Å². The standard InChI is InChI=1S/C24H35NO3/c1-4-25(5-2)22(27)14-16-13-21-20-8-6-15-12-17(26)7-9-18(15)19(20)10-11-24(21,3)23(16)28/h7,9,12,16,19-21,23,26,28H,4-6,8,10-11,13-14H2,1-3H3. The zero-order valence-electron chi connectivity index (χ0n) is 17.5. The molecule has 1 aromatic rings. The van der Waals surface area contributed by atoms with Crippen molar-refractivity contribution in [3.63, 3.8) is 0 Å². The van der Waals surface area contributed by atoms with Gasteiger partial charge in [-0.05, 0) is 98.3 Å². The van der Waals surface area contributed by atoms with Crippen LogP contribution in [-0.4, -0.2) is 40.2 Å². The van der Waals surface area contributed by atoms with Crippen LogP contribution < -0.4 is 0 Å². The molecule has 0 aliphatic heterocycles.